The molecule has 0 saturated carbocycles. The summed E-state index contributed by atoms with van der Waals surface area (Å²) in [5.41, 5.74) is 0.521. The largest absolute Gasteiger partial charge is 0.490 e. The molecule has 0 spiro atoms. The molecule has 0 heterocycles. The maximum Gasteiger partial charge on any atom is 0.422 e. The first-order valence-electron chi connectivity index (χ1n) is 4.89. The van der Waals surface area contributed by atoms with Gasteiger partial charge in [-0.05, 0) is 25.1 Å². The van der Waals surface area contributed by atoms with Crippen molar-refractivity contribution in [2.45, 2.75) is 13.1 Å². The third-order valence-corrected chi connectivity index (χ3v) is 1.80. The minimum atomic E-state index is -4.38. The first-order valence-corrected chi connectivity index (χ1v) is 4.89. The molecule has 0 fully saturated rings. The zero-order valence-corrected chi connectivity index (χ0v) is 9.17. The van der Waals surface area contributed by atoms with Crippen molar-refractivity contribution in [3.05, 3.63) is 23.8 Å². The molecule has 5 heteroatoms. The molecule has 0 aliphatic rings. The normalized spacial score (nSPS) is 10.8. The van der Waals surface area contributed by atoms with Gasteiger partial charge >= 0.3 is 6.18 Å². The molecule has 0 bridgehead atoms. The van der Waals surface area contributed by atoms with Gasteiger partial charge in [0.2, 0.25) is 0 Å². The van der Waals surface area contributed by atoms with E-state index in [0.717, 1.165) is 0 Å². The summed E-state index contributed by atoms with van der Waals surface area (Å²) in [6.45, 7) is 0.676. The van der Waals surface area contributed by atoms with Crippen LogP contribution in [0.5, 0.6) is 11.5 Å². The van der Waals surface area contributed by atoms with Crippen LogP contribution in [0, 0.1) is 12.3 Å². The smallest absolute Gasteiger partial charge is 0.422 e. The molecule has 0 aliphatic carbocycles. The molecule has 0 radical (unpaired) electrons. The summed E-state index contributed by atoms with van der Waals surface area (Å²) >= 11 is 0. The second-order valence-electron chi connectivity index (χ2n) is 3.14. The highest BCUT2D eigenvalue weighted by Crippen LogP contribution is 2.29. The molecular formula is C12H11F3O2. The van der Waals surface area contributed by atoms with Crippen molar-refractivity contribution < 1.29 is 22.6 Å². The number of terminal acetylenes is 1. The lowest BCUT2D eigenvalue weighted by atomic mass is 10.2. The van der Waals surface area contributed by atoms with Gasteiger partial charge in [-0.25, -0.2) is 0 Å². The summed E-state index contributed by atoms with van der Waals surface area (Å²) in [6, 6.07) is 4.33. The number of hydrogen-bond donors (Lipinski definition) is 0. The van der Waals surface area contributed by atoms with E-state index in [9.17, 15) is 13.2 Å². The fraction of sp³-hybridized carbons (Fsp3) is 0.333. The minimum absolute atomic E-state index is 0.0307. The number of hydrogen-bond acceptors (Lipinski definition) is 2. The van der Waals surface area contributed by atoms with Gasteiger partial charge in [-0.15, -0.1) is 6.42 Å². The molecule has 1 aromatic carbocycles. The van der Waals surface area contributed by atoms with Gasteiger partial charge in [0.25, 0.3) is 0 Å². The maximum absolute atomic E-state index is 12.0. The third-order valence-electron chi connectivity index (χ3n) is 1.80. The van der Waals surface area contributed by atoms with Crippen molar-refractivity contribution in [2.24, 2.45) is 0 Å². The van der Waals surface area contributed by atoms with E-state index in [0.29, 0.717) is 12.2 Å². The van der Waals surface area contributed by atoms with Gasteiger partial charge in [0.1, 0.15) is 0 Å². The molecule has 17 heavy (non-hydrogen) atoms. The average molecular weight is 244 g/mol. The van der Waals surface area contributed by atoms with Crippen molar-refractivity contribution in [1.82, 2.24) is 0 Å². The Hall–Kier alpha value is -1.83. The van der Waals surface area contributed by atoms with Crippen LogP contribution in [0.3, 0.4) is 0 Å². The lowest BCUT2D eigenvalue weighted by Crippen LogP contribution is -2.19. The van der Waals surface area contributed by atoms with E-state index in [1.165, 1.54) is 18.2 Å². The molecule has 1 rings (SSSR count). The van der Waals surface area contributed by atoms with Crippen LogP contribution in [0.2, 0.25) is 0 Å². The van der Waals surface area contributed by atoms with E-state index in [2.05, 4.69) is 10.7 Å². The Labute approximate surface area is 97.3 Å². The molecule has 0 aromatic heterocycles. The molecule has 0 saturated heterocycles. The third kappa shape index (κ3) is 4.27. The summed E-state index contributed by atoms with van der Waals surface area (Å²) < 4.78 is 45.8. The lowest BCUT2D eigenvalue weighted by Gasteiger charge is -2.13. The first-order chi connectivity index (χ1) is 7.96. The zero-order chi connectivity index (χ0) is 12.9. The van der Waals surface area contributed by atoms with Crippen molar-refractivity contribution in [3.63, 3.8) is 0 Å². The first kappa shape index (κ1) is 13.2. The van der Waals surface area contributed by atoms with Crippen molar-refractivity contribution >= 4 is 0 Å². The van der Waals surface area contributed by atoms with Crippen LogP contribution in [-0.4, -0.2) is 19.4 Å². The molecule has 0 atom stereocenters. The van der Waals surface area contributed by atoms with Crippen molar-refractivity contribution in [1.29, 1.82) is 0 Å². The van der Waals surface area contributed by atoms with Gasteiger partial charge < -0.3 is 9.47 Å². The second-order valence-corrected chi connectivity index (χ2v) is 3.14. The molecule has 0 amide bonds. The van der Waals surface area contributed by atoms with Crippen molar-refractivity contribution in [3.8, 4) is 23.8 Å². The number of halogens is 3. The Morgan fingerprint density at radius 2 is 1.94 bits per heavy atom. The van der Waals surface area contributed by atoms with E-state index >= 15 is 0 Å². The Morgan fingerprint density at radius 1 is 1.24 bits per heavy atom. The SMILES string of the molecule is C#Cc1ccc(OCC(F)(F)F)c(OCC)c1. The Kier molecular flexibility index (Phi) is 4.27. The molecular weight excluding hydrogens is 233 g/mol. The number of rotatable bonds is 4. The lowest BCUT2D eigenvalue weighted by molar-refractivity contribution is -0.153. The van der Waals surface area contributed by atoms with Gasteiger partial charge in [-0.2, -0.15) is 13.2 Å². The zero-order valence-electron chi connectivity index (χ0n) is 9.17. The number of benzene rings is 1. The minimum Gasteiger partial charge on any atom is -0.490 e. The monoisotopic (exact) mass is 244 g/mol. The van der Waals surface area contributed by atoms with Gasteiger partial charge in [-0.3, -0.25) is 0 Å². The van der Waals surface area contributed by atoms with Gasteiger partial charge in [0, 0.05) is 5.56 Å². The van der Waals surface area contributed by atoms with Crippen LogP contribution >= 0.6 is 0 Å². The van der Waals surface area contributed by atoms with E-state index in [4.69, 9.17) is 11.2 Å². The van der Waals surface area contributed by atoms with Gasteiger partial charge in [0.15, 0.2) is 18.1 Å². The van der Waals surface area contributed by atoms with Gasteiger partial charge in [-0.1, -0.05) is 5.92 Å². The summed E-state index contributed by atoms with van der Waals surface area (Å²) in [5.74, 6) is 2.61. The standard InChI is InChI=1S/C12H11F3O2/c1-3-9-5-6-10(11(7-9)16-4-2)17-8-12(13,14)15/h1,5-7H,4,8H2,2H3. The summed E-state index contributed by atoms with van der Waals surface area (Å²) in [7, 11) is 0. The van der Waals surface area contributed by atoms with Crippen LogP contribution in [0.4, 0.5) is 13.2 Å². The van der Waals surface area contributed by atoms with Crippen LogP contribution < -0.4 is 9.47 Å². The Bertz CT molecular complexity index is 419. The summed E-state index contributed by atoms with van der Waals surface area (Å²) in [5, 5.41) is 0. The van der Waals surface area contributed by atoms with Crippen molar-refractivity contribution in [2.75, 3.05) is 13.2 Å². The van der Waals surface area contributed by atoms with Gasteiger partial charge in [0.05, 0.1) is 6.61 Å². The highest BCUT2D eigenvalue weighted by molar-refractivity contribution is 5.47. The molecule has 1 aromatic rings. The molecule has 2 nitrogen and oxygen atoms in total. The van der Waals surface area contributed by atoms with Crippen LogP contribution in [0.25, 0.3) is 0 Å². The van der Waals surface area contributed by atoms with E-state index in [-0.39, 0.29) is 11.5 Å². The summed E-state index contributed by atoms with van der Waals surface area (Å²) in [6.07, 6.45) is 0.801. The number of ether oxygens (including phenoxy) is 2. The predicted molar refractivity (Wildman–Crippen MR) is 57.1 cm³/mol. The van der Waals surface area contributed by atoms with E-state index < -0.39 is 12.8 Å². The summed E-state index contributed by atoms with van der Waals surface area (Å²) in [4.78, 5) is 0. The molecule has 0 unspecified atom stereocenters. The van der Waals surface area contributed by atoms with E-state index in [1.54, 1.807) is 6.92 Å². The van der Waals surface area contributed by atoms with Crippen LogP contribution in [0.15, 0.2) is 18.2 Å². The Morgan fingerprint density at radius 3 is 2.47 bits per heavy atom. The molecule has 0 N–H and O–H groups in total. The molecule has 92 valence electrons. The molecule has 0 aliphatic heterocycles. The average Bonchev–Trinajstić information content (AvgIpc) is 2.26. The maximum atomic E-state index is 12.0. The predicted octanol–water partition coefficient (Wildman–Crippen LogP) is 3.01. The fourth-order valence-electron chi connectivity index (χ4n) is 1.14. The second kappa shape index (κ2) is 5.48. The highest BCUT2D eigenvalue weighted by Gasteiger charge is 2.29. The fourth-order valence-corrected chi connectivity index (χ4v) is 1.14. The van der Waals surface area contributed by atoms with Crippen LogP contribution in [0.1, 0.15) is 12.5 Å². The van der Waals surface area contributed by atoms with E-state index in [1.807, 2.05) is 0 Å². The number of alkyl halides is 3. The van der Waals surface area contributed by atoms with Crippen LogP contribution in [-0.2, 0) is 0 Å². The quantitative estimate of drug-likeness (QED) is 0.758. The topological polar surface area (TPSA) is 18.5 Å². The highest BCUT2D eigenvalue weighted by atomic mass is 19.4. The Balaban J connectivity index is 2.87.